The SMILES string of the molecule is NC(=O)c1cccc2c(-c3nc4c(c(NCc5cccc(B(O)O)c5)n3)COCC4)ncn12. The molecule has 0 fully saturated rings. The fraction of sp³-hybridized carbons (Fsp3) is 0.182. The molecule has 4 aromatic rings. The third-order valence-electron chi connectivity index (χ3n) is 5.57. The number of hydrogen-bond donors (Lipinski definition) is 4. The average Bonchev–Trinajstić information content (AvgIpc) is 3.26. The number of carbonyl (C=O) groups is 1. The molecule has 10 nitrogen and oxygen atoms in total. The molecule has 0 bridgehead atoms. The van der Waals surface area contributed by atoms with Gasteiger partial charge in [0.05, 0.1) is 24.4 Å². The number of primary amides is 1. The van der Waals surface area contributed by atoms with Crippen LogP contribution in [0.4, 0.5) is 5.82 Å². The molecule has 0 spiro atoms. The lowest BCUT2D eigenvalue weighted by atomic mass is 9.79. The fourth-order valence-electron chi connectivity index (χ4n) is 3.93. The summed E-state index contributed by atoms with van der Waals surface area (Å²) < 4.78 is 7.25. The molecule has 0 aliphatic carbocycles. The van der Waals surface area contributed by atoms with Crippen LogP contribution in [0.2, 0.25) is 0 Å². The molecule has 11 heteroatoms. The zero-order valence-electron chi connectivity index (χ0n) is 17.6. The Morgan fingerprint density at radius 1 is 1.21 bits per heavy atom. The van der Waals surface area contributed by atoms with Gasteiger partial charge in [0.15, 0.2) is 5.82 Å². The number of hydrogen-bond acceptors (Lipinski definition) is 8. The van der Waals surface area contributed by atoms with Gasteiger partial charge in [-0.2, -0.15) is 0 Å². The molecular weight excluding hydrogens is 423 g/mol. The second kappa shape index (κ2) is 8.62. The molecule has 1 aromatic carbocycles. The molecule has 3 aromatic heterocycles. The maximum Gasteiger partial charge on any atom is 0.488 e. The van der Waals surface area contributed by atoms with Crippen molar-refractivity contribution in [3.63, 3.8) is 0 Å². The van der Waals surface area contributed by atoms with Gasteiger partial charge >= 0.3 is 7.12 Å². The first-order valence-corrected chi connectivity index (χ1v) is 10.4. The topological polar surface area (TPSA) is 148 Å². The molecule has 33 heavy (non-hydrogen) atoms. The lowest BCUT2D eigenvalue weighted by Crippen LogP contribution is -2.30. The first-order chi connectivity index (χ1) is 16.0. The van der Waals surface area contributed by atoms with E-state index in [1.165, 1.54) is 6.33 Å². The number of anilines is 1. The highest BCUT2D eigenvalue weighted by atomic mass is 16.5. The second-order valence-corrected chi connectivity index (χ2v) is 7.72. The molecule has 5 N–H and O–H groups in total. The van der Waals surface area contributed by atoms with Crippen molar-refractivity contribution < 1.29 is 19.6 Å². The summed E-state index contributed by atoms with van der Waals surface area (Å²) in [4.78, 5) is 25.7. The van der Waals surface area contributed by atoms with E-state index in [0.717, 1.165) is 16.8 Å². The molecule has 4 heterocycles. The lowest BCUT2D eigenvalue weighted by molar-refractivity contribution is 0.0994. The Hall–Kier alpha value is -3.80. The number of benzene rings is 1. The Bertz CT molecular complexity index is 1360. The predicted molar refractivity (Wildman–Crippen MR) is 122 cm³/mol. The maximum atomic E-state index is 11.8. The Labute approximate surface area is 189 Å². The molecule has 1 aliphatic heterocycles. The van der Waals surface area contributed by atoms with Crippen LogP contribution in [-0.4, -0.2) is 49.0 Å². The number of ether oxygens (including phenoxy) is 1. The van der Waals surface area contributed by atoms with Crippen molar-refractivity contribution >= 4 is 29.8 Å². The summed E-state index contributed by atoms with van der Waals surface area (Å²) in [5.74, 6) is 0.504. The van der Waals surface area contributed by atoms with Crippen LogP contribution in [0.3, 0.4) is 0 Å². The number of carbonyl (C=O) groups excluding carboxylic acids is 1. The Morgan fingerprint density at radius 3 is 2.88 bits per heavy atom. The number of imidazole rings is 1. The van der Waals surface area contributed by atoms with Crippen molar-refractivity contribution in [3.05, 3.63) is 71.3 Å². The highest BCUT2D eigenvalue weighted by Crippen LogP contribution is 2.28. The van der Waals surface area contributed by atoms with Crippen LogP contribution < -0.4 is 16.5 Å². The molecule has 0 atom stereocenters. The molecular formula is C22H21BN6O4. The third-order valence-corrected chi connectivity index (χ3v) is 5.57. The summed E-state index contributed by atoms with van der Waals surface area (Å²) in [5, 5.41) is 22.2. The number of nitrogens with two attached hydrogens (primary N) is 1. The number of aromatic nitrogens is 4. The minimum atomic E-state index is -1.53. The van der Waals surface area contributed by atoms with Crippen LogP contribution in [0.25, 0.3) is 17.0 Å². The van der Waals surface area contributed by atoms with E-state index in [0.29, 0.717) is 60.2 Å². The molecule has 5 rings (SSSR count). The highest BCUT2D eigenvalue weighted by molar-refractivity contribution is 6.58. The molecule has 0 saturated carbocycles. The number of amides is 1. The van der Waals surface area contributed by atoms with Gasteiger partial charge in [0, 0.05) is 18.5 Å². The first kappa shape index (κ1) is 21.1. The average molecular weight is 444 g/mol. The Kier molecular flexibility index (Phi) is 5.51. The smallest absolute Gasteiger partial charge is 0.423 e. The van der Waals surface area contributed by atoms with Crippen molar-refractivity contribution in [2.24, 2.45) is 5.73 Å². The highest BCUT2D eigenvalue weighted by Gasteiger charge is 2.22. The van der Waals surface area contributed by atoms with Crippen molar-refractivity contribution in [3.8, 4) is 11.5 Å². The number of nitrogens with one attached hydrogen (secondary N) is 1. The van der Waals surface area contributed by atoms with Crippen LogP contribution in [0.15, 0.2) is 48.8 Å². The van der Waals surface area contributed by atoms with Gasteiger partial charge in [0.2, 0.25) is 0 Å². The maximum absolute atomic E-state index is 11.8. The van der Waals surface area contributed by atoms with E-state index in [1.807, 2.05) is 12.1 Å². The first-order valence-electron chi connectivity index (χ1n) is 10.4. The zero-order chi connectivity index (χ0) is 22.9. The number of rotatable bonds is 6. The van der Waals surface area contributed by atoms with Crippen LogP contribution in [0, 0.1) is 0 Å². The molecule has 1 aliphatic rings. The normalized spacial score (nSPS) is 13.0. The lowest BCUT2D eigenvalue weighted by Gasteiger charge is -2.20. The Balaban J connectivity index is 1.54. The van der Waals surface area contributed by atoms with E-state index in [4.69, 9.17) is 20.4 Å². The summed E-state index contributed by atoms with van der Waals surface area (Å²) >= 11 is 0. The van der Waals surface area contributed by atoms with Gasteiger partial charge in [0.25, 0.3) is 5.91 Å². The number of nitrogens with zero attached hydrogens (tertiary/aromatic N) is 4. The van der Waals surface area contributed by atoms with Crippen molar-refractivity contribution in [1.82, 2.24) is 19.4 Å². The van der Waals surface area contributed by atoms with Crippen molar-refractivity contribution in [1.29, 1.82) is 0 Å². The predicted octanol–water partition coefficient (Wildman–Crippen LogP) is 0.255. The van der Waals surface area contributed by atoms with E-state index < -0.39 is 13.0 Å². The fourth-order valence-corrected chi connectivity index (χ4v) is 3.93. The van der Waals surface area contributed by atoms with Crippen LogP contribution >= 0.6 is 0 Å². The quantitative estimate of drug-likeness (QED) is 0.310. The molecule has 0 radical (unpaired) electrons. The van der Waals surface area contributed by atoms with Gasteiger partial charge in [-0.15, -0.1) is 0 Å². The second-order valence-electron chi connectivity index (χ2n) is 7.72. The molecule has 0 saturated heterocycles. The van der Waals surface area contributed by atoms with Gasteiger partial charge in [-0.25, -0.2) is 15.0 Å². The summed E-state index contributed by atoms with van der Waals surface area (Å²) in [5.41, 5.74) is 10.1. The van der Waals surface area contributed by atoms with Crippen LogP contribution in [0.5, 0.6) is 0 Å². The molecule has 0 unspecified atom stereocenters. The van der Waals surface area contributed by atoms with E-state index in [2.05, 4.69) is 10.3 Å². The van der Waals surface area contributed by atoms with Gasteiger partial charge in [-0.3, -0.25) is 9.20 Å². The van der Waals surface area contributed by atoms with Crippen molar-refractivity contribution in [2.75, 3.05) is 11.9 Å². The minimum absolute atomic E-state index is 0.321. The van der Waals surface area contributed by atoms with E-state index in [-0.39, 0.29) is 0 Å². The summed E-state index contributed by atoms with van der Waals surface area (Å²) in [6.45, 7) is 1.37. The van der Waals surface area contributed by atoms with Gasteiger partial charge < -0.3 is 25.8 Å². The minimum Gasteiger partial charge on any atom is -0.423 e. The van der Waals surface area contributed by atoms with Crippen molar-refractivity contribution in [2.45, 2.75) is 19.6 Å². The van der Waals surface area contributed by atoms with E-state index >= 15 is 0 Å². The standard InChI is InChI=1S/C22H21BN6O4/c24-20(30)18-6-2-5-17-19(26-12-29(17)18)22-27-16-7-8-33-11-15(16)21(28-22)25-10-13-3-1-4-14(9-13)23(31)32/h1-6,9,12,31-32H,7-8,10-11H2,(H2,24,30)(H,25,27,28). The Morgan fingerprint density at radius 2 is 2.06 bits per heavy atom. The van der Waals surface area contributed by atoms with Crippen LogP contribution in [-0.2, 0) is 24.3 Å². The third kappa shape index (κ3) is 4.04. The number of pyridine rings is 1. The van der Waals surface area contributed by atoms with Crippen LogP contribution in [0.1, 0.15) is 27.3 Å². The zero-order valence-corrected chi connectivity index (χ0v) is 17.6. The van der Waals surface area contributed by atoms with Gasteiger partial charge in [0.1, 0.15) is 23.5 Å². The molecule has 1 amide bonds. The molecule has 166 valence electrons. The van der Waals surface area contributed by atoms with E-state index in [1.54, 1.807) is 34.7 Å². The van der Waals surface area contributed by atoms with Gasteiger partial charge in [-0.05, 0) is 23.2 Å². The summed E-state index contributed by atoms with van der Waals surface area (Å²) in [6.07, 6.45) is 2.18. The number of fused-ring (bicyclic) bond motifs is 2. The van der Waals surface area contributed by atoms with E-state index in [9.17, 15) is 14.8 Å². The summed E-state index contributed by atoms with van der Waals surface area (Å²) in [6, 6.07) is 12.2. The summed E-state index contributed by atoms with van der Waals surface area (Å²) in [7, 11) is -1.53. The van der Waals surface area contributed by atoms with Gasteiger partial charge in [-0.1, -0.05) is 30.3 Å². The largest absolute Gasteiger partial charge is 0.488 e. The monoisotopic (exact) mass is 444 g/mol.